The van der Waals surface area contributed by atoms with Gasteiger partial charge in [0, 0.05) is 11.1 Å². The molecule has 0 aliphatic rings. The number of imidazole rings is 1. The van der Waals surface area contributed by atoms with Crippen LogP contribution < -0.4 is 5.32 Å². The number of hydrogen-bond donors (Lipinski definition) is 1. The van der Waals surface area contributed by atoms with Crippen LogP contribution in [0.3, 0.4) is 0 Å². The molecule has 0 bridgehead atoms. The highest BCUT2D eigenvalue weighted by Gasteiger charge is 2.21. The predicted molar refractivity (Wildman–Crippen MR) is 76.7 cm³/mol. The van der Waals surface area contributed by atoms with Gasteiger partial charge in [-0.2, -0.15) is 0 Å². The Kier molecular flexibility index (Phi) is 3.57. The maximum absolute atomic E-state index is 11.9. The Morgan fingerprint density at radius 2 is 1.75 bits per heavy atom. The summed E-state index contributed by atoms with van der Waals surface area (Å²) in [6.07, 6.45) is 4.88. The van der Waals surface area contributed by atoms with Crippen LogP contribution in [0, 0.1) is 19.3 Å². The topological polar surface area (TPSA) is 72.7 Å². The molecule has 0 aliphatic carbocycles. The number of nitrogens with zero attached hydrogens (tertiary/aromatic N) is 4. The van der Waals surface area contributed by atoms with Crippen molar-refractivity contribution >= 4 is 11.6 Å². The Morgan fingerprint density at radius 1 is 1.15 bits per heavy atom. The molecule has 2 rings (SSSR count). The summed E-state index contributed by atoms with van der Waals surface area (Å²) < 4.78 is 1.81. The number of aromatic nitrogens is 4. The summed E-state index contributed by atoms with van der Waals surface area (Å²) in [7, 11) is 0. The van der Waals surface area contributed by atoms with E-state index in [1.165, 1.54) is 0 Å². The zero-order valence-electron chi connectivity index (χ0n) is 12.4. The highest BCUT2D eigenvalue weighted by atomic mass is 16.2. The number of amides is 1. The molecule has 1 amide bonds. The first-order chi connectivity index (χ1) is 9.29. The number of carbonyl (C=O) groups excluding carboxylic acids is 1. The summed E-state index contributed by atoms with van der Waals surface area (Å²) in [4.78, 5) is 24.6. The van der Waals surface area contributed by atoms with Gasteiger partial charge in [-0.3, -0.25) is 9.36 Å². The van der Waals surface area contributed by atoms with E-state index in [2.05, 4.69) is 20.3 Å². The van der Waals surface area contributed by atoms with Crippen molar-refractivity contribution in [2.45, 2.75) is 34.6 Å². The smallest absolute Gasteiger partial charge is 0.235 e. The average Bonchev–Trinajstić information content (AvgIpc) is 2.70. The van der Waals surface area contributed by atoms with Crippen LogP contribution in [-0.4, -0.2) is 25.4 Å². The standard InChI is InChI=1S/C14H19N5O/c1-9-10(2)19(8-17-9)13-15-6-11(7-16-13)18-12(20)14(3,4)5/h6-8H,1-5H3,(H,18,20). The van der Waals surface area contributed by atoms with E-state index in [0.29, 0.717) is 11.6 Å². The van der Waals surface area contributed by atoms with Gasteiger partial charge in [-0.05, 0) is 13.8 Å². The van der Waals surface area contributed by atoms with E-state index in [9.17, 15) is 4.79 Å². The molecule has 0 aromatic carbocycles. The van der Waals surface area contributed by atoms with Crippen molar-refractivity contribution in [2.75, 3.05) is 5.32 Å². The second kappa shape index (κ2) is 5.03. The minimum atomic E-state index is -0.448. The third-order valence-corrected chi connectivity index (χ3v) is 3.04. The monoisotopic (exact) mass is 273 g/mol. The maximum atomic E-state index is 11.9. The molecule has 0 unspecified atom stereocenters. The second-order valence-electron chi connectivity index (χ2n) is 5.76. The molecule has 106 valence electrons. The molecule has 20 heavy (non-hydrogen) atoms. The van der Waals surface area contributed by atoms with Crippen LogP contribution in [0.5, 0.6) is 0 Å². The minimum Gasteiger partial charge on any atom is -0.323 e. The summed E-state index contributed by atoms with van der Waals surface area (Å²) in [5.41, 5.74) is 2.08. The van der Waals surface area contributed by atoms with E-state index < -0.39 is 5.41 Å². The van der Waals surface area contributed by atoms with Gasteiger partial charge in [-0.1, -0.05) is 20.8 Å². The van der Waals surface area contributed by atoms with Gasteiger partial charge in [-0.15, -0.1) is 0 Å². The van der Waals surface area contributed by atoms with Gasteiger partial charge in [0.25, 0.3) is 0 Å². The fraction of sp³-hybridized carbons (Fsp3) is 0.429. The fourth-order valence-electron chi connectivity index (χ4n) is 1.53. The Labute approximate surface area is 118 Å². The van der Waals surface area contributed by atoms with Crippen molar-refractivity contribution in [1.29, 1.82) is 0 Å². The Hall–Kier alpha value is -2.24. The summed E-state index contributed by atoms with van der Waals surface area (Å²) in [5.74, 6) is 0.473. The number of aryl methyl sites for hydroxylation is 1. The molecular formula is C14H19N5O. The van der Waals surface area contributed by atoms with E-state index >= 15 is 0 Å². The number of nitrogens with one attached hydrogen (secondary N) is 1. The number of rotatable bonds is 2. The fourth-order valence-corrected chi connectivity index (χ4v) is 1.53. The zero-order valence-corrected chi connectivity index (χ0v) is 12.4. The van der Waals surface area contributed by atoms with Crippen LogP contribution >= 0.6 is 0 Å². The molecule has 0 spiro atoms. The molecular weight excluding hydrogens is 254 g/mol. The molecule has 0 saturated carbocycles. The molecule has 6 nitrogen and oxygen atoms in total. The lowest BCUT2D eigenvalue weighted by Gasteiger charge is -2.17. The summed E-state index contributed by atoms with van der Waals surface area (Å²) in [6, 6.07) is 0. The lowest BCUT2D eigenvalue weighted by Crippen LogP contribution is -2.27. The van der Waals surface area contributed by atoms with Gasteiger partial charge in [-0.25, -0.2) is 15.0 Å². The molecule has 0 radical (unpaired) electrons. The van der Waals surface area contributed by atoms with Gasteiger partial charge in [0.05, 0.1) is 23.8 Å². The first-order valence-electron chi connectivity index (χ1n) is 6.43. The van der Waals surface area contributed by atoms with Crippen LogP contribution in [0.4, 0.5) is 5.69 Å². The van der Waals surface area contributed by atoms with Crippen molar-refractivity contribution in [3.63, 3.8) is 0 Å². The highest BCUT2D eigenvalue weighted by molar-refractivity contribution is 5.94. The summed E-state index contributed by atoms with van der Waals surface area (Å²) in [5, 5.41) is 2.79. The van der Waals surface area contributed by atoms with Gasteiger partial charge in [0.1, 0.15) is 6.33 Å². The van der Waals surface area contributed by atoms with E-state index in [4.69, 9.17) is 0 Å². The van der Waals surface area contributed by atoms with Crippen LogP contribution in [-0.2, 0) is 4.79 Å². The highest BCUT2D eigenvalue weighted by Crippen LogP contribution is 2.17. The number of anilines is 1. The summed E-state index contributed by atoms with van der Waals surface area (Å²) >= 11 is 0. The molecule has 2 aromatic heterocycles. The van der Waals surface area contributed by atoms with Gasteiger partial charge >= 0.3 is 0 Å². The number of carbonyl (C=O) groups is 1. The normalized spacial score (nSPS) is 11.4. The van der Waals surface area contributed by atoms with E-state index in [1.54, 1.807) is 18.7 Å². The third kappa shape index (κ3) is 2.84. The van der Waals surface area contributed by atoms with Crippen LogP contribution in [0.1, 0.15) is 32.2 Å². The summed E-state index contributed by atoms with van der Waals surface area (Å²) in [6.45, 7) is 9.46. The molecule has 2 heterocycles. The van der Waals surface area contributed by atoms with Crippen molar-refractivity contribution in [3.8, 4) is 5.95 Å². The number of hydrogen-bond acceptors (Lipinski definition) is 4. The van der Waals surface area contributed by atoms with Crippen LogP contribution in [0.2, 0.25) is 0 Å². The molecule has 0 atom stereocenters. The first kappa shape index (κ1) is 14.2. The molecule has 0 aliphatic heterocycles. The van der Waals surface area contributed by atoms with E-state index in [1.807, 2.05) is 39.2 Å². The van der Waals surface area contributed by atoms with Gasteiger partial charge in [0.2, 0.25) is 11.9 Å². The third-order valence-electron chi connectivity index (χ3n) is 3.04. The van der Waals surface area contributed by atoms with Crippen molar-refractivity contribution in [2.24, 2.45) is 5.41 Å². The van der Waals surface area contributed by atoms with Gasteiger partial charge < -0.3 is 5.32 Å². The largest absolute Gasteiger partial charge is 0.323 e. The van der Waals surface area contributed by atoms with Crippen molar-refractivity contribution < 1.29 is 4.79 Å². The molecule has 1 N–H and O–H groups in total. The van der Waals surface area contributed by atoms with Crippen molar-refractivity contribution in [3.05, 3.63) is 30.1 Å². The Morgan fingerprint density at radius 3 is 2.20 bits per heavy atom. The molecule has 0 saturated heterocycles. The van der Waals surface area contributed by atoms with Crippen LogP contribution in [0.25, 0.3) is 5.95 Å². The zero-order chi connectivity index (χ0) is 14.9. The van der Waals surface area contributed by atoms with Gasteiger partial charge in [0.15, 0.2) is 0 Å². The molecule has 0 fully saturated rings. The quantitative estimate of drug-likeness (QED) is 0.911. The van der Waals surface area contributed by atoms with Crippen LogP contribution in [0.15, 0.2) is 18.7 Å². The SMILES string of the molecule is Cc1ncn(-c2ncc(NC(=O)C(C)(C)C)cn2)c1C. The lowest BCUT2D eigenvalue weighted by atomic mass is 9.96. The Balaban J connectivity index is 2.19. The minimum absolute atomic E-state index is 0.0662. The Bertz CT molecular complexity index is 622. The maximum Gasteiger partial charge on any atom is 0.235 e. The molecule has 2 aromatic rings. The average molecular weight is 273 g/mol. The molecule has 6 heteroatoms. The van der Waals surface area contributed by atoms with E-state index in [-0.39, 0.29) is 5.91 Å². The first-order valence-corrected chi connectivity index (χ1v) is 6.43. The second-order valence-corrected chi connectivity index (χ2v) is 5.76. The van der Waals surface area contributed by atoms with E-state index in [0.717, 1.165) is 11.4 Å². The lowest BCUT2D eigenvalue weighted by molar-refractivity contribution is -0.123. The predicted octanol–water partition coefficient (Wildman–Crippen LogP) is 2.26. The van der Waals surface area contributed by atoms with Crippen molar-refractivity contribution in [1.82, 2.24) is 19.5 Å².